The second-order valence-electron chi connectivity index (χ2n) is 5.09. The largest absolute Gasteiger partial charge is 0.733 e. The zero-order valence-electron chi connectivity index (χ0n) is 12.3. The molecule has 2 aromatic rings. The van der Waals surface area contributed by atoms with Crippen LogP contribution >= 0.6 is 15.9 Å². The van der Waals surface area contributed by atoms with Crippen molar-refractivity contribution in [2.45, 2.75) is 6.10 Å². The molecule has 8 nitrogen and oxygen atoms in total. The Labute approximate surface area is 145 Å². The Bertz CT molecular complexity index is 702. The SMILES string of the molecule is O=C(Oc1ccc(N([O-])O)cc1)N1CC(Oc2ccc(Br)cn2)C1. The van der Waals surface area contributed by atoms with Crippen molar-refractivity contribution in [2.75, 3.05) is 18.3 Å². The fraction of sp³-hybridized carbons (Fsp3) is 0.200. The zero-order chi connectivity index (χ0) is 17.1. The molecule has 1 aliphatic heterocycles. The van der Waals surface area contributed by atoms with Gasteiger partial charge >= 0.3 is 6.09 Å². The second-order valence-corrected chi connectivity index (χ2v) is 6.01. The van der Waals surface area contributed by atoms with Gasteiger partial charge in [0, 0.05) is 16.7 Å². The van der Waals surface area contributed by atoms with E-state index in [0.29, 0.717) is 19.0 Å². The molecule has 1 aromatic carbocycles. The monoisotopic (exact) mass is 394 g/mol. The molecule has 0 spiro atoms. The van der Waals surface area contributed by atoms with E-state index in [2.05, 4.69) is 20.9 Å². The lowest BCUT2D eigenvalue weighted by atomic mass is 10.2. The van der Waals surface area contributed by atoms with E-state index in [1.807, 2.05) is 6.07 Å². The van der Waals surface area contributed by atoms with Crippen LogP contribution in [0.5, 0.6) is 11.6 Å². The molecule has 1 aliphatic rings. The number of nitrogens with zero attached hydrogens (tertiary/aromatic N) is 3. The van der Waals surface area contributed by atoms with Crippen LogP contribution in [-0.4, -0.2) is 40.4 Å². The number of rotatable bonds is 4. The van der Waals surface area contributed by atoms with E-state index in [1.54, 1.807) is 12.3 Å². The molecule has 1 amide bonds. The molecule has 9 heteroatoms. The van der Waals surface area contributed by atoms with Crippen molar-refractivity contribution >= 4 is 27.7 Å². The number of carbonyl (C=O) groups excluding carboxylic acids is 1. The molecule has 0 atom stereocenters. The number of anilines is 1. The maximum Gasteiger partial charge on any atom is 0.415 e. The maximum absolute atomic E-state index is 12.0. The minimum Gasteiger partial charge on any atom is -0.733 e. The summed E-state index contributed by atoms with van der Waals surface area (Å²) in [4.78, 5) is 17.6. The fourth-order valence-electron chi connectivity index (χ4n) is 2.07. The summed E-state index contributed by atoms with van der Waals surface area (Å²) in [6, 6.07) is 9.11. The molecule has 1 saturated heterocycles. The number of carbonyl (C=O) groups is 1. The number of hydrogen-bond acceptors (Lipinski definition) is 7. The highest BCUT2D eigenvalue weighted by Gasteiger charge is 2.33. The Morgan fingerprint density at radius 3 is 2.58 bits per heavy atom. The van der Waals surface area contributed by atoms with Crippen LogP contribution in [0, 0.1) is 5.21 Å². The van der Waals surface area contributed by atoms with E-state index in [9.17, 15) is 10.0 Å². The van der Waals surface area contributed by atoms with Crippen LogP contribution in [0.25, 0.3) is 0 Å². The number of ether oxygens (including phenoxy) is 2. The van der Waals surface area contributed by atoms with Gasteiger partial charge in [-0.3, -0.25) is 5.21 Å². The number of pyridine rings is 1. The van der Waals surface area contributed by atoms with Crippen molar-refractivity contribution < 1.29 is 19.5 Å². The van der Waals surface area contributed by atoms with Crippen LogP contribution in [0.2, 0.25) is 0 Å². The summed E-state index contributed by atoms with van der Waals surface area (Å²) in [5.74, 6) is 0.780. The summed E-state index contributed by atoms with van der Waals surface area (Å²) in [6.45, 7) is 0.805. The van der Waals surface area contributed by atoms with Gasteiger partial charge in [0.15, 0.2) is 0 Å². The van der Waals surface area contributed by atoms with Gasteiger partial charge in [-0.25, -0.2) is 9.78 Å². The minimum atomic E-state index is -0.505. The average molecular weight is 395 g/mol. The molecular formula is C15H13BrN3O5-. The van der Waals surface area contributed by atoms with Crippen LogP contribution in [0.1, 0.15) is 0 Å². The van der Waals surface area contributed by atoms with Crippen molar-refractivity contribution in [3.05, 3.63) is 52.3 Å². The van der Waals surface area contributed by atoms with Gasteiger partial charge in [0.05, 0.1) is 18.8 Å². The van der Waals surface area contributed by atoms with Gasteiger partial charge in [0.2, 0.25) is 5.88 Å². The Balaban J connectivity index is 1.47. The van der Waals surface area contributed by atoms with Crippen molar-refractivity contribution in [2.24, 2.45) is 0 Å². The maximum atomic E-state index is 12.0. The third-order valence-corrected chi connectivity index (χ3v) is 3.83. The number of likely N-dealkylation sites (tertiary alicyclic amines) is 1. The Kier molecular flexibility index (Phi) is 4.84. The summed E-state index contributed by atoms with van der Waals surface area (Å²) in [6.07, 6.45) is 1.00. The van der Waals surface area contributed by atoms with Crippen molar-refractivity contribution in [3.63, 3.8) is 0 Å². The first-order valence-electron chi connectivity index (χ1n) is 7.02. The highest BCUT2D eigenvalue weighted by atomic mass is 79.9. The molecule has 1 aromatic heterocycles. The van der Waals surface area contributed by atoms with Crippen molar-refractivity contribution in [3.8, 4) is 11.6 Å². The predicted molar refractivity (Wildman–Crippen MR) is 88.0 cm³/mol. The second kappa shape index (κ2) is 7.04. The number of halogens is 1. The van der Waals surface area contributed by atoms with Gasteiger partial charge in [0.1, 0.15) is 11.9 Å². The average Bonchev–Trinajstić information content (AvgIpc) is 2.52. The van der Waals surface area contributed by atoms with Crippen LogP contribution in [0.3, 0.4) is 0 Å². The molecule has 24 heavy (non-hydrogen) atoms. The van der Waals surface area contributed by atoms with E-state index >= 15 is 0 Å². The molecule has 3 rings (SSSR count). The molecule has 126 valence electrons. The molecular weight excluding hydrogens is 382 g/mol. The van der Waals surface area contributed by atoms with E-state index in [4.69, 9.17) is 14.7 Å². The lowest BCUT2D eigenvalue weighted by molar-refractivity contribution is 0.0258. The lowest BCUT2D eigenvalue weighted by Gasteiger charge is -2.37. The first-order valence-corrected chi connectivity index (χ1v) is 7.82. The topological polar surface area (TPSA) is 98.2 Å². The third kappa shape index (κ3) is 3.94. The number of aromatic nitrogens is 1. The Morgan fingerprint density at radius 2 is 2.00 bits per heavy atom. The Hall–Kier alpha value is -2.36. The molecule has 0 aliphatic carbocycles. The normalized spacial score (nSPS) is 14.0. The zero-order valence-corrected chi connectivity index (χ0v) is 13.9. The minimum absolute atomic E-state index is 0.0502. The van der Waals surface area contributed by atoms with E-state index in [-0.39, 0.29) is 22.8 Å². The van der Waals surface area contributed by atoms with Crippen LogP contribution in [0.4, 0.5) is 10.5 Å². The summed E-state index contributed by atoms with van der Waals surface area (Å²) in [5, 5.41) is 19.2. The lowest BCUT2D eigenvalue weighted by Crippen LogP contribution is -2.57. The van der Waals surface area contributed by atoms with Crippen molar-refractivity contribution in [1.29, 1.82) is 0 Å². The molecule has 0 saturated carbocycles. The van der Waals surface area contributed by atoms with Gasteiger partial charge in [-0.15, -0.1) is 0 Å². The molecule has 0 bridgehead atoms. The first kappa shape index (κ1) is 16.5. The van der Waals surface area contributed by atoms with Gasteiger partial charge < -0.3 is 24.8 Å². The van der Waals surface area contributed by atoms with Gasteiger partial charge in [-0.1, -0.05) is 0 Å². The van der Waals surface area contributed by atoms with E-state index in [1.165, 1.54) is 29.2 Å². The van der Waals surface area contributed by atoms with Crippen molar-refractivity contribution in [1.82, 2.24) is 9.88 Å². The van der Waals surface area contributed by atoms with E-state index < -0.39 is 6.09 Å². The molecule has 1 N–H and O–H groups in total. The van der Waals surface area contributed by atoms with Crippen LogP contribution < -0.4 is 14.7 Å². The first-order chi connectivity index (χ1) is 11.5. The molecule has 0 unspecified atom stereocenters. The van der Waals surface area contributed by atoms with Crippen LogP contribution in [-0.2, 0) is 0 Å². The summed E-state index contributed by atoms with van der Waals surface area (Å²) < 4.78 is 11.7. The summed E-state index contributed by atoms with van der Waals surface area (Å²) in [5.41, 5.74) is 0.0502. The fourth-order valence-corrected chi connectivity index (χ4v) is 2.31. The highest BCUT2D eigenvalue weighted by molar-refractivity contribution is 9.10. The van der Waals surface area contributed by atoms with Gasteiger partial charge in [-0.2, -0.15) is 0 Å². The van der Waals surface area contributed by atoms with E-state index in [0.717, 1.165) is 4.47 Å². The van der Waals surface area contributed by atoms with Gasteiger partial charge in [0.25, 0.3) is 0 Å². The predicted octanol–water partition coefficient (Wildman–Crippen LogP) is 2.80. The Morgan fingerprint density at radius 1 is 1.29 bits per heavy atom. The third-order valence-electron chi connectivity index (χ3n) is 3.36. The smallest absolute Gasteiger partial charge is 0.415 e. The number of hydrogen-bond donors (Lipinski definition) is 1. The molecule has 2 heterocycles. The molecule has 0 radical (unpaired) electrons. The summed E-state index contributed by atoms with van der Waals surface area (Å²) in [7, 11) is 0. The highest BCUT2D eigenvalue weighted by Crippen LogP contribution is 2.21. The summed E-state index contributed by atoms with van der Waals surface area (Å²) >= 11 is 3.29. The number of benzene rings is 1. The standard InChI is InChI=1S/C15H13BrN3O5/c16-10-1-6-14(17-7-10)23-13-8-18(9-13)15(20)24-12-4-2-11(3-5-12)19(21)22/h1-7,13,21H,8-9H2/q-1. The molecule has 1 fully saturated rings. The number of amides is 1. The quantitative estimate of drug-likeness (QED) is 0.795. The van der Waals surface area contributed by atoms with Gasteiger partial charge in [-0.05, 0) is 46.3 Å². The van der Waals surface area contributed by atoms with Crippen LogP contribution in [0.15, 0.2) is 47.1 Å².